The fraction of sp³-hybridized carbons (Fsp3) is 0.759. The first kappa shape index (κ1) is 25.6. The highest BCUT2D eigenvalue weighted by Crippen LogP contribution is 2.47. The quantitative estimate of drug-likeness (QED) is 0.384. The molecule has 0 heterocycles. The summed E-state index contributed by atoms with van der Waals surface area (Å²) in [5.41, 5.74) is 2.98. The topological polar surface area (TPSA) is 26.3 Å². The molecule has 3 saturated carbocycles. The lowest BCUT2D eigenvalue weighted by atomic mass is 9.65. The Morgan fingerprint density at radius 2 is 1.21 bits per heavy atom. The van der Waals surface area contributed by atoms with Crippen LogP contribution in [-0.2, 0) is 16.0 Å². The van der Waals surface area contributed by atoms with Crippen molar-refractivity contribution in [3.63, 3.8) is 0 Å². The Kier molecular flexibility index (Phi) is 8.63. The van der Waals surface area contributed by atoms with E-state index in [9.17, 15) is 18.0 Å². The van der Waals surface area contributed by atoms with Crippen molar-refractivity contribution >= 4 is 5.97 Å². The molecule has 5 heteroatoms. The molecule has 0 atom stereocenters. The van der Waals surface area contributed by atoms with Gasteiger partial charge in [-0.2, -0.15) is 13.2 Å². The molecule has 0 aromatic heterocycles. The summed E-state index contributed by atoms with van der Waals surface area (Å²) < 4.78 is 42.0. The number of alkyl halides is 3. The summed E-state index contributed by atoms with van der Waals surface area (Å²) in [6.45, 7) is 2.23. The summed E-state index contributed by atoms with van der Waals surface area (Å²) in [7, 11) is 0. The van der Waals surface area contributed by atoms with E-state index in [1.165, 1.54) is 75.3 Å². The first-order valence-corrected chi connectivity index (χ1v) is 13.7. The van der Waals surface area contributed by atoms with Crippen LogP contribution in [0.5, 0.6) is 0 Å². The van der Waals surface area contributed by atoms with E-state index in [0.717, 1.165) is 30.6 Å². The molecule has 3 aliphatic rings. The zero-order chi connectivity index (χ0) is 24.1. The average molecular weight is 479 g/mol. The second-order valence-electron chi connectivity index (χ2n) is 11.2. The maximum Gasteiger partial charge on any atom is 0.490 e. The summed E-state index contributed by atoms with van der Waals surface area (Å²) in [4.78, 5) is 11.1. The molecule has 0 saturated heterocycles. The van der Waals surface area contributed by atoms with Crippen LogP contribution in [0.2, 0.25) is 0 Å². The molecule has 34 heavy (non-hydrogen) atoms. The molecular formula is C29H41F3O2. The lowest BCUT2D eigenvalue weighted by Crippen LogP contribution is -2.34. The fourth-order valence-electron chi connectivity index (χ4n) is 7.15. The highest BCUT2D eigenvalue weighted by Gasteiger charge is 2.43. The highest BCUT2D eigenvalue weighted by atomic mass is 19.4. The lowest BCUT2D eigenvalue weighted by molar-refractivity contribution is -0.206. The van der Waals surface area contributed by atoms with Crippen molar-refractivity contribution < 1.29 is 22.7 Å². The molecule has 0 radical (unpaired) electrons. The standard InChI is InChI=1S/C29H41F3O2/c1-2-3-20-4-6-21(7-5-20)22-8-10-23(11-9-22)24-12-14-25(15-13-24)26-16-18-27(19-17-26)34-28(33)29(30,31)32/h4-7,22-27H,2-3,8-19H2,1H3. The van der Waals surface area contributed by atoms with Crippen molar-refractivity contribution in [1.29, 1.82) is 0 Å². The number of hydrogen-bond acceptors (Lipinski definition) is 2. The number of aryl methyl sites for hydroxylation is 1. The summed E-state index contributed by atoms with van der Waals surface area (Å²) in [6.07, 6.45) is 10.4. The van der Waals surface area contributed by atoms with Gasteiger partial charge in [-0.3, -0.25) is 0 Å². The molecule has 4 rings (SSSR count). The van der Waals surface area contributed by atoms with Crippen LogP contribution in [-0.4, -0.2) is 18.2 Å². The molecule has 2 nitrogen and oxygen atoms in total. The van der Waals surface area contributed by atoms with Gasteiger partial charge in [0.1, 0.15) is 6.10 Å². The normalized spacial score (nSPS) is 32.8. The minimum atomic E-state index is -4.88. The third-order valence-corrected chi connectivity index (χ3v) is 9.14. The van der Waals surface area contributed by atoms with Crippen LogP contribution in [0.4, 0.5) is 13.2 Å². The van der Waals surface area contributed by atoms with Gasteiger partial charge in [0, 0.05) is 0 Å². The number of carbonyl (C=O) groups is 1. The Morgan fingerprint density at radius 3 is 1.65 bits per heavy atom. The molecule has 1 aromatic rings. The number of carbonyl (C=O) groups excluding carboxylic acids is 1. The predicted octanol–water partition coefficient (Wildman–Crippen LogP) is 8.38. The van der Waals surface area contributed by atoms with Gasteiger partial charge in [-0.05, 0) is 124 Å². The Bertz CT molecular complexity index is 764. The Labute approximate surface area is 203 Å². The second kappa shape index (κ2) is 11.5. The van der Waals surface area contributed by atoms with Gasteiger partial charge in [0.2, 0.25) is 0 Å². The Morgan fingerprint density at radius 1 is 0.765 bits per heavy atom. The predicted molar refractivity (Wildman–Crippen MR) is 128 cm³/mol. The molecule has 0 unspecified atom stereocenters. The minimum absolute atomic E-state index is 0.556. The number of ether oxygens (including phenoxy) is 1. The Hall–Kier alpha value is -1.52. The third kappa shape index (κ3) is 6.57. The van der Waals surface area contributed by atoms with Crippen molar-refractivity contribution in [3.05, 3.63) is 35.4 Å². The third-order valence-electron chi connectivity index (χ3n) is 9.14. The summed E-state index contributed by atoms with van der Waals surface area (Å²) in [5, 5.41) is 0. The van der Waals surface area contributed by atoms with E-state index in [1.54, 1.807) is 0 Å². The molecule has 3 fully saturated rings. The second-order valence-corrected chi connectivity index (χ2v) is 11.2. The van der Waals surface area contributed by atoms with E-state index in [2.05, 4.69) is 35.9 Å². The van der Waals surface area contributed by atoms with Gasteiger partial charge >= 0.3 is 12.1 Å². The largest absolute Gasteiger partial charge is 0.490 e. The van der Waals surface area contributed by atoms with Gasteiger partial charge in [0.25, 0.3) is 0 Å². The van der Waals surface area contributed by atoms with E-state index in [-0.39, 0.29) is 0 Å². The summed E-state index contributed by atoms with van der Waals surface area (Å²) >= 11 is 0. The number of rotatable bonds is 6. The molecule has 0 amide bonds. The minimum Gasteiger partial charge on any atom is -0.456 e. The van der Waals surface area contributed by atoms with Crippen LogP contribution >= 0.6 is 0 Å². The van der Waals surface area contributed by atoms with E-state index < -0.39 is 18.2 Å². The van der Waals surface area contributed by atoms with Crippen molar-refractivity contribution in [2.24, 2.45) is 23.7 Å². The molecule has 0 spiro atoms. The molecule has 3 aliphatic carbocycles. The molecule has 0 N–H and O–H groups in total. The van der Waals surface area contributed by atoms with Gasteiger partial charge in [-0.1, -0.05) is 37.6 Å². The van der Waals surface area contributed by atoms with Crippen molar-refractivity contribution in [2.75, 3.05) is 0 Å². The van der Waals surface area contributed by atoms with Crippen LogP contribution in [0.15, 0.2) is 24.3 Å². The first-order chi connectivity index (χ1) is 16.3. The van der Waals surface area contributed by atoms with E-state index >= 15 is 0 Å². The first-order valence-electron chi connectivity index (χ1n) is 13.7. The summed E-state index contributed by atoms with van der Waals surface area (Å²) in [6, 6.07) is 9.36. The van der Waals surface area contributed by atoms with Crippen LogP contribution in [0.25, 0.3) is 0 Å². The Balaban J connectivity index is 1.16. The molecule has 1 aromatic carbocycles. The van der Waals surface area contributed by atoms with Crippen molar-refractivity contribution in [1.82, 2.24) is 0 Å². The number of halogens is 3. The van der Waals surface area contributed by atoms with Gasteiger partial charge in [0.15, 0.2) is 0 Å². The van der Waals surface area contributed by atoms with E-state index in [0.29, 0.717) is 24.7 Å². The average Bonchev–Trinajstić information content (AvgIpc) is 2.85. The number of esters is 1. The van der Waals surface area contributed by atoms with E-state index in [4.69, 9.17) is 0 Å². The fourth-order valence-corrected chi connectivity index (χ4v) is 7.15. The smallest absolute Gasteiger partial charge is 0.456 e. The molecule has 190 valence electrons. The SMILES string of the molecule is CCCc1ccc(C2CCC(C3CCC(C4CCC(OC(=O)C(F)(F)F)CC4)CC3)CC2)cc1. The van der Waals surface area contributed by atoms with Gasteiger partial charge < -0.3 is 4.74 Å². The molecule has 0 aliphatic heterocycles. The van der Waals surface area contributed by atoms with Crippen LogP contribution in [0.3, 0.4) is 0 Å². The zero-order valence-corrected chi connectivity index (χ0v) is 20.6. The maximum atomic E-state index is 12.4. The van der Waals surface area contributed by atoms with Crippen molar-refractivity contribution in [2.45, 2.75) is 115 Å². The van der Waals surface area contributed by atoms with Gasteiger partial charge in [0.05, 0.1) is 0 Å². The molecule has 0 bridgehead atoms. The van der Waals surface area contributed by atoms with Crippen LogP contribution < -0.4 is 0 Å². The monoisotopic (exact) mass is 478 g/mol. The van der Waals surface area contributed by atoms with Crippen LogP contribution in [0.1, 0.15) is 107 Å². The van der Waals surface area contributed by atoms with Gasteiger partial charge in [-0.15, -0.1) is 0 Å². The van der Waals surface area contributed by atoms with Gasteiger partial charge in [-0.25, -0.2) is 4.79 Å². The highest BCUT2D eigenvalue weighted by molar-refractivity contribution is 5.75. The van der Waals surface area contributed by atoms with Crippen LogP contribution in [0, 0.1) is 23.7 Å². The zero-order valence-electron chi connectivity index (χ0n) is 20.6. The van der Waals surface area contributed by atoms with Crippen molar-refractivity contribution in [3.8, 4) is 0 Å². The number of benzene rings is 1. The number of hydrogen-bond donors (Lipinski definition) is 0. The molecular weight excluding hydrogens is 437 g/mol. The summed E-state index contributed by atoms with van der Waals surface area (Å²) in [5.74, 6) is 1.72. The maximum absolute atomic E-state index is 12.4. The lowest BCUT2D eigenvalue weighted by Gasteiger charge is -2.41. The van der Waals surface area contributed by atoms with E-state index in [1.807, 2.05) is 0 Å².